The van der Waals surface area contributed by atoms with E-state index in [1.165, 1.54) is 0 Å². The van der Waals surface area contributed by atoms with Gasteiger partial charge in [0, 0.05) is 10.2 Å². The second kappa shape index (κ2) is 4.94. The molecule has 5 heteroatoms. The number of benzene rings is 1. The zero-order chi connectivity index (χ0) is 13.3. The van der Waals surface area contributed by atoms with Crippen LogP contribution in [0.2, 0.25) is 0 Å². The van der Waals surface area contributed by atoms with Gasteiger partial charge in [-0.2, -0.15) is 5.10 Å². The molecule has 1 aromatic heterocycles. The number of carboxylic acid groups (broad SMARTS) is 1. The van der Waals surface area contributed by atoms with Crippen LogP contribution in [0, 0.1) is 0 Å². The minimum Gasteiger partial charge on any atom is -0.476 e. The SMILES string of the molecule is CC(C)c1cc(C(=O)O)nn1-c1ccc(Br)cc1. The zero-order valence-corrected chi connectivity index (χ0v) is 11.7. The van der Waals surface area contributed by atoms with Crippen LogP contribution >= 0.6 is 15.9 Å². The summed E-state index contributed by atoms with van der Waals surface area (Å²) in [5.74, 6) is -0.804. The van der Waals surface area contributed by atoms with Gasteiger partial charge in [-0.25, -0.2) is 9.48 Å². The fraction of sp³-hybridized carbons (Fsp3) is 0.231. The van der Waals surface area contributed by atoms with E-state index in [2.05, 4.69) is 21.0 Å². The molecule has 4 nitrogen and oxygen atoms in total. The van der Waals surface area contributed by atoms with Crippen molar-refractivity contribution in [2.24, 2.45) is 0 Å². The Morgan fingerprint density at radius 1 is 1.33 bits per heavy atom. The molecular weight excluding hydrogens is 296 g/mol. The Labute approximate surface area is 113 Å². The van der Waals surface area contributed by atoms with Crippen LogP contribution in [0.4, 0.5) is 0 Å². The summed E-state index contributed by atoms with van der Waals surface area (Å²) in [6.07, 6.45) is 0. The Hall–Kier alpha value is -1.62. The van der Waals surface area contributed by atoms with E-state index in [1.807, 2.05) is 38.1 Å². The molecule has 0 spiro atoms. The fourth-order valence-electron chi connectivity index (χ4n) is 1.70. The smallest absolute Gasteiger partial charge is 0.356 e. The van der Waals surface area contributed by atoms with Gasteiger partial charge in [-0.1, -0.05) is 29.8 Å². The lowest BCUT2D eigenvalue weighted by atomic mass is 10.1. The number of aromatic nitrogens is 2. The van der Waals surface area contributed by atoms with Gasteiger partial charge < -0.3 is 5.11 Å². The number of carbonyl (C=O) groups is 1. The van der Waals surface area contributed by atoms with E-state index < -0.39 is 5.97 Å². The first-order valence-electron chi connectivity index (χ1n) is 5.58. The first-order valence-corrected chi connectivity index (χ1v) is 6.37. The van der Waals surface area contributed by atoms with Gasteiger partial charge >= 0.3 is 5.97 Å². The maximum atomic E-state index is 11.0. The van der Waals surface area contributed by atoms with E-state index in [0.717, 1.165) is 15.9 Å². The minimum atomic E-state index is -1.01. The predicted octanol–water partition coefficient (Wildman–Crippen LogP) is 3.46. The van der Waals surface area contributed by atoms with Gasteiger partial charge in [0.15, 0.2) is 5.69 Å². The van der Waals surface area contributed by atoms with Crippen molar-refractivity contribution in [2.45, 2.75) is 19.8 Å². The molecule has 0 amide bonds. The Balaban J connectivity index is 2.54. The highest BCUT2D eigenvalue weighted by atomic mass is 79.9. The molecule has 0 aliphatic rings. The summed E-state index contributed by atoms with van der Waals surface area (Å²) in [7, 11) is 0. The number of nitrogens with zero attached hydrogens (tertiary/aromatic N) is 2. The minimum absolute atomic E-state index is 0.0709. The molecule has 0 bridgehead atoms. The summed E-state index contributed by atoms with van der Waals surface area (Å²) < 4.78 is 2.66. The second-order valence-electron chi connectivity index (χ2n) is 4.30. The molecule has 94 valence electrons. The molecular formula is C13H13BrN2O2. The van der Waals surface area contributed by atoms with Crippen molar-refractivity contribution >= 4 is 21.9 Å². The van der Waals surface area contributed by atoms with Gasteiger partial charge in [-0.05, 0) is 36.2 Å². The molecule has 1 heterocycles. The third kappa shape index (κ3) is 2.46. The normalized spacial score (nSPS) is 10.9. The van der Waals surface area contributed by atoms with Crippen LogP contribution in [0.15, 0.2) is 34.8 Å². The van der Waals surface area contributed by atoms with Crippen LogP contribution in [0.25, 0.3) is 5.69 Å². The third-order valence-corrected chi connectivity index (χ3v) is 3.15. The topological polar surface area (TPSA) is 55.1 Å². The molecule has 0 fully saturated rings. The van der Waals surface area contributed by atoms with Crippen LogP contribution in [0.5, 0.6) is 0 Å². The average molecular weight is 309 g/mol. The summed E-state index contributed by atoms with van der Waals surface area (Å²) in [4.78, 5) is 11.0. The molecule has 0 saturated carbocycles. The maximum absolute atomic E-state index is 11.0. The number of aromatic carboxylic acids is 1. The van der Waals surface area contributed by atoms with E-state index in [1.54, 1.807) is 10.7 Å². The second-order valence-corrected chi connectivity index (χ2v) is 5.22. The summed E-state index contributed by atoms with van der Waals surface area (Å²) >= 11 is 3.37. The summed E-state index contributed by atoms with van der Waals surface area (Å²) in [5.41, 5.74) is 1.81. The number of rotatable bonds is 3. The highest BCUT2D eigenvalue weighted by molar-refractivity contribution is 9.10. The van der Waals surface area contributed by atoms with Gasteiger partial charge in [-0.3, -0.25) is 0 Å². The van der Waals surface area contributed by atoms with E-state index in [4.69, 9.17) is 5.11 Å². The molecule has 0 saturated heterocycles. The third-order valence-electron chi connectivity index (χ3n) is 2.62. The molecule has 0 radical (unpaired) electrons. The van der Waals surface area contributed by atoms with Gasteiger partial charge in [0.25, 0.3) is 0 Å². The first kappa shape index (κ1) is 12.8. The molecule has 0 unspecified atom stereocenters. The molecule has 2 aromatic rings. The molecule has 0 atom stereocenters. The molecule has 1 N–H and O–H groups in total. The quantitative estimate of drug-likeness (QED) is 0.944. The van der Waals surface area contributed by atoms with Crippen molar-refractivity contribution in [1.82, 2.24) is 9.78 Å². The van der Waals surface area contributed by atoms with Crippen LogP contribution in [-0.4, -0.2) is 20.9 Å². The van der Waals surface area contributed by atoms with E-state index in [0.29, 0.717) is 0 Å². The van der Waals surface area contributed by atoms with Gasteiger partial charge in [0.05, 0.1) is 5.69 Å². The summed E-state index contributed by atoms with van der Waals surface area (Å²) in [6, 6.07) is 9.22. The number of hydrogen-bond donors (Lipinski definition) is 1. The van der Waals surface area contributed by atoms with Crippen LogP contribution in [0.3, 0.4) is 0 Å². The van der Waals surface area contributed by atoms with Crippen molar-refractivity contribution in [1.29, 1.82) is 0 Å². The predicted molar refractivity (Wildman–Crippen MR) is 72.3 cm³/mol. The largest absolute Gasteiger partial charge is 0.476 e. The van der Waals surface area contributed by atoms with Gasteiger partial charge in [-0.15, -0.1) is 0 Å². The molecule has 0 aliphatic heterocycles. The van der Waals surface area contributed by atoms with Crippen LogP contribution in [-0.2, 0) is 0 Å². The van der Waals surface area contributed by atoms with Crippen molar-refractivity contribution in [3.63, 3.8) is 0 Å². The highest BCUT2D eigenvalue weighted by Crippen LogP contribution is 2.21. The van der Waals surface area contributed by atoms with Gasteiger partial charge in [0.2, 0.25) is 0 Å². The first-order chi connectivity index (χ1) is 8.49. The Kier molecular flexibility index (Phi) is 3.52. The van der Waals surface area contributed by atoms with Crippen molar-refractivity contribution < 1.29 is 9.90 Å². The number of halogens is 1. The van der Waals surface area contributed by atoms with Crippen molar-refractivity contribution in [2.75, 3.05) is 0 Å². The van der Waals surface area contributed by atoms with Gasteiger partial charge in [0.1, 0.15) is 0 Å². The Morgan fingerprint density at radius 2 is 1.94 bits per heavy atom. The van der Waals surface area contributed by atoms with Crippen LogP contribution < -0.4 is 0 Å². The monoisotopic (exact) mass is 308 g/mol. The maximum Gasteiger partial charge on any atom is 0.356 e. The zero-order valence-electron chi connectivity index (χ0n) is 10.1. The number of hydrogen-bond acceptors (Lipinski definition) is 2. The molecule has 18 heavy (non-hydrogen) atoms. The van der Waals surface area contributed by atoms with Crippen molar-refractivity contribution in [3.05, 3.63) is 46.2 Å². The lowest BCUT2D eigenvalue weighted by Gasteiger charge is -2.09. The van der Waals surface area contributed by atoms with E-state index >= 15 is 0 Å². The Morgan fingerprint density at radius 3 is 2.44 bits per heavy atom. The standard InChI is InChI=1S/C13H13BrN2O2/c1-8(2)12-7-11(13(17)18)15-16(12)10-5-3-9(14)4-6-10/h3-8H,1-2H3,(H,17,18). The number of carboxylic acids is 1. The van der Waals surface area contributed by atoms with E-state index in [-0.39, 0.29) is 11.6 Å². The molecule has 1 aromatic carbocycles. The lowest BCUT2D eigenvalue weighted by Crippen LogP contribution is -2.04. The van der Waals surface area contributed by atoms with E-state index in [9.17, 15) is 4.79 Å². The Bertz CT molecular complexity index is 573. The fourth-order valence-corrected chi connectivity index (χ4v) is 1.96. The highest BCUT2D eigenvalue weighted by Gasteiger charge is 2.16. The lowest BCUT2D eigenvalue weighted by molar-refractivity contribution is 0.0690. The molecule has 2 rings (SSSR count). The van der Waals surface area contributed by atoms with Crippen molar-refractivity contribution in [3.8, 4) is 5.69 Å². The summed E-state index contributed by atoms with van der Waals surface area (Å²) in [5, 5.41) is 13.1. The molecule has 0 aliphatic carbocycles. The summed E-state index contributed by atoms with van der Waals surface area (Å²) in [6.45, 7) is 4.02. The van der Waals surface area contributed by atoms with Crippen LogP contribution in [0.1, 0.15) is 35.9 Å². The average Bonchev–Trinajstić information content (AvgIpc) is 2.75.